The summed E-state index contributed by atoms with van der Waals surface area (Å²) in [5.41, 5.74) is 1.26. The molecule has 2 bridgehead atoms. The van der Waals surface area contributed by atoms with Gasteiger partial charge in [0.1, 0.15) is 5.76 Å². The SMILES string of the molecule is C[C@@]12CCc3occc3[C@H]1CC[C@@]13C[C@@H](CC[C@H]12)[C@](O)(CO)C3. The molecular formula is C20H28O3. The highest BCUT2D eigenvalue weighted by atomic mass is 16.3. The molecular weight excluding hydrogens is 288 g/mol. The van der Waals surface area contributed by atoms with E-state index in [0.717, 1.165) is 25.7 Å². The van der Waals surface area contributed by atoms with Gasteiger partial charge < -0.3 is 14.6 Å². The molecule has 0 aromatic carbocycles. The first-order valence-electron chi connectivity index (χ1n) is 9.40. The molecule has 2 N–H and O–H groups in total. The summed E-state index contributed by atoms with van der Waals surface area (Å²) in [4.78, 5) is 0. The van der Waals surface area contributed by atoms with Crippen LogP contribution in [0.3, 0.4) is 0 Å². The molecule has 1 aromatic rings. The molecule has 3 nitrogen and oxygen atoms in total. The number of aliphatic hydroxyl groups excluding tert-OH is 1. The molecule has 6 atom stereocenters. The zero-order valence-electron chi connectivity index (χ0n) is 14.1. The number of hydrogen-bond donors (Lipinski definition) is 2. The number of furan rings is 1. The van der Waals surface area contributed by atoms with Crippen molar-refractivity contribution in [2.75, 3.05) is 6.61 Å². The molecule has 1 aromatic heterocycles. The Hall–Kier alpha value is -0.800. The second kappa shape index (κ2) is 4.43. The summed E-state index contributed by atoms with van der Waals surface area (Å²) in [7, 11) is 0. The van der Waals surface area contributed by atoms with Crippen LogP contribution in [0, 0.1) is 22.7 Å². The number of rotatable bonds is 1. The van der Waals surface area contributed by atoms with Crippen LogP contribution in [0.25, 0.3) is 0 Å². The van der Waals surface area contributed by atoms with Gasteiger partial charge in [0, 0.05) is 6.42 Å². The van der Waals surface area contributed by atoms with Crippen LogP contribution in [0.5, 0.6) is 0 Å². The molecule has 126 valence electrons. The molecule has 3 saturated carbocycles. The Morgan fingerprint density at radius 1 is 1.26 bits per heavy atom. The Morgan fingerprint density at radius 2 is 2.13 bits per heavy atom. The van der Waals surface area contributed by atoms with E-state index in [2.05, 4.69) is 13.0 Å². The minimum Gasteiger partial charge on any atom is -0.469 e. The second-order valence-electron chi connectivity index (χ2n) is 9.23. The second-order valence-corrected chi connectivity index (χ2v) is 9.23. The van der Waals surface area contributed by atoms with Crippen molar-refractivity contribution in [1.29, 1.82) is 0 Å². The average Bonchev–Trinajstić information content (AvgIpc) is 3.09. The van der Waals surface area contributed by atoms with Gasteiger partial charge >= 0.3 is 0 Å². The number of aliphatic hydroxyl groups is 2. The van der Waals surface area contributed by atoms with Gasteiger partial charge in [-0.2, -0.15) is 0 Å². The lowest BCUT2D eigenvalue weighted by molar-refractivity contribution is -0.0727. The molecule has 1 spiro atoms. The summed E-state index contributed by atoms with van der Waals surface area (Å²) in [6, 6.07) is 2.21. The van der Waals surface area contributed by atoms with E-state index < -0.39 is 5.60 Å². The van der Waals surface area contributed by atoms with Crippen LogP contribution in [0.4, 0.5) is 0 Å². The van der Waals surface area contributed by atoms with E-state index in [4.69, 9.17) is 4.42 Å². The maximum atomic E-state index is 10.9. The lowest BCUT2D eigenvalue weighted by Gasteiger charge is -2.59. The highest BCUT2D eigenvalue weighted by molar-refractivity contribution is 5.31. The average molecular weight is 316 g/mol. The molecule has 4 aliphatic carbocycles. The van der Waals surface area contributed by atoms with Crippen molar-refractivity contribution in [3.63, 3.8) is 0 Å². The molecule has 0 saturated heterocycles. The highest BCUT2D eigenvalue weighted by Gasteiger charge is 2.65. The quantitative estimate of drug-likeness (QED) is 0.831. The first-order valence-corrected chi connectivity index (χ1v) is 9.40. The van der Waals surface area contributed by atoms with Gasteiger partial charge in [-0.15, -0.1) is 0 Å². The summed E-state index contributed by atoms with van der Waals surface area (Å²) in [6.45, 7) is 2.45. The fourth-order valence-electron chi connectivity index (χ4n) is 7.51. The monoisotopic (exact) mass is 316 g/mol. The van der Waals surface area contributed by atoms with Crippen LogP contribution in [-0.2, 0) is 6.42 Å². The lowest BCUT2D eigenvalue weighted by atomic mass is 9.45. The lowest BCUT2D eigenvalue weighted by Crippen LogP contribution is -2.51. The van der Waals surface area contributed by atoms with E-state index >= 15 is 0 Å². The van der Waals surface area contributed by atoms with Gasteiger partial charge in [-0.05, 0) is 85.2 Å². The summed E-state index contributed by atoms with van der Waals surface area (Å²) in [5.74, 6) is 2.85. The normalized spacial score (nSPS) is 51.0. The number of fused-ring (bicyclic) bond motifs is 5. The van der Waals surface area contributed by atoms with Crippen molar-refractivity contribution in [2.45, 2.75) is 69.8 Å². The van der Waals surface area contributed by atoms with Crippen LogP contribution in [0.15, 0.2) is 16.7 Å². The molecule has 23 heavy (non-hydrogen) atoms. The van der Waals surface area contributed by atoms with E-state index in [1.54, 1.807) is 0 Å². The number of aryl methyl sites for hydroxylation is 1. The maximum Gasteiger partial charge on any atom is 0.107 e. The maximum absolute atomic E-state index is 10.9. The first kappa shape index (κ1) is 14.5. The Bertz CT molecular complexity index is 637. The van der Waals surface area contributed by atoms with Gasteiger partial charge in [0.15, 0.2) is 0 Å². The van der Waals surface area contributed by atoms with Gasteiger partial charge in [0.05, 0.1) is 18.5 Å². The van der Waals surface area contributed by atoms with Crippen LogP contribution in [0.1, 0.15) is 69.1 Å². The largest absolute Gasteiger partial charge is 0.469 e. The molecule has 3 heteroatoms. The van der Waals surface area contributed by atoms with Crippen molar-refractivity contribution in [3.05, 3.63) is 23.7 Å². The molecule has 3 fully saturated rings. The molecule has 1 heterocycles. The third-order valence-electron chi connectivity index (χ3n) is 8.46. The smallest absolute Gasteiger partial charge is 0.107 e. The van der Waals surface area contributed by atoms with E-state index in [1.165, 1.54) is 37.0 Å². The Kier molecular flexibility index (Phi) is 2.80. The van der Waals surface area contributed by atoms with E-state index in [0.29, 0.717) is 23.2 Å². The summed E-state index contributed by atoms with van der Waals surface area (Å²) >= 11 is 0. The molecule has 4 aliphatic rings. The fourth-order valence-corrected chi connectivity index (χ4v) is 7.51. The van der Waals surface area contributed by atoms with Crippen molar-refractivity contribution < 1.29 is 14.6 Å². The standard InChI is InChI=1S/C20H28O3/c1-18-7-5-16-14(6-9-23-16)15(18)4-8-19-10-13(2-3-17(18)19)20(22,11-19)12-21/h6,9,13,15,17,21-22H,2-5,7-8,10-12H2,1H3/t13-,15-,17+,18-,19+,20-/m1/s1. The molecule has 0 radical (unpaired) electrons. The van der Waals surface area contributed by atoms with Gasteiger partial charge in [0.25, 0.3) is 0 Å². The summed E-state index contributed by atoms with van der Waals surface area (Å²) in [6.07, 6.45) is 10.9. The van der Waals surface area contributed by atoms with E-state index in [-0.39, 0.29) is 12.0 Å². The van der Waals surface area contributed by atoms with Crippen molar-refractivity contribution >= 4 is 0 Å². The van der Waals surface area contributed by atoms with Gasteiger partial charge in [-0.1, -0.05) is 6.92 Å². The van der Waals surface area contributed by atoms with Crippen molar-refractivity contribution in [1.82, 2.24) is 0 Å². The Balaban J connectivity index is 1.56. The fraction of sp³-hybridized carbons (Fsp3) is 0.800. The zero-order valence-corrected chi connectivity index (χ0v) is 14.1. The summed E-state index contributed by atoms with van der Waals surface area (Å²) in [5, 5.41) is 20.7. The summed E-state index contributed by atoms with van der Waals surface area (Å²) < 4.78 is 5.72. The van der Waals surface area contributed by atoms with Gasteiger partial charge in [0.2, 0.25) is 0 Å². The minimum absolute atomic E-state index is 0.0574. The van der Waals surface area contributed by atoms with Crippen LogP contribution >= 0.6 is 0 Å². The van der Waals surface area contributed by atoms with E-state index in [1.807, 2.05) is 6.26 Å². The molecule has 0 amide bonds. The Labute approximate surface area is 138 Å². The topological polar surface area (TPSA) is 53.6 Å². The predicted molar refractivity (Wildman–Crippen MR) is 87.0 cm³/mol. The zero-order chi connectivity index (χ0) is 15.9. The first-order chi connectivity index (χ1) is 11.0. The molecule has 0 unspecified atom stereocenters. The minimum atomic E-state index is -0.812. The third-order valence-corrected chi connectivity index (χ3v) is 8.46. The van der Waals surface area contributed by atoms with Gasteiger partial charge in [-0.3, -0.25) is 0 Å². The molecule has 5 rings (SSSR count). The van der Waals surface area contributed by atoms with E-state index in [9.17, 15) is 10.2 Å². The Morgan fingerprint density at radius 3 is 2.96 bits per heavy atom. The van der Waals surface area contributed by atoms with Crippen molar-refractivity contribution in [2.24, 2.45) is 22.7 Å². The van der Waals surface area contributed by atoms with Crippen molar-refractivity contribution in [3.8, 4) is 0 Å². The van der Waals surface area contributed by atoms with Crippen LogP contribution < -0.4 is 0 Å². The van der Waals surface area contributed by atoms with Crippen LogP contribution in [0.2, 0.25) is 0 Å². The van der Waals surface area contributed by atoms with Gasteiger partial charge in [-0.25, -0.2) is 0 Å². The molecule has 0 aliphatic heterocycles. The predicted octanol–water partition coefficient (Wildman–Crippen LogP) is 3.64. The highest BCUT2D eigenvalue weighted by Crippen LogP contribution is 2.71. The van der Waals surface area contributed by atoms with Crippen LogP contribution in [-0.4, -0.2) is 22.4 Å². The number of hydrogen-bond acceptors (Lipinski definition) is 3. The third kappa shape index (κ3) is 1.68.